The Labute approximate surface area is 140 Å². The molecule has 0 saturated heterocycles. The maximum atomic E-state index is 13.0. The maximum Gasteiger partial charge on any atom is 0.268 e. The summed E-state index contributed by atoms with van der Waals surface area (Å²) >= 11 is 0. The summed E-state index contributed by atoms with van der Waals surface area (Å²) in [6, 6.07) is 14.0. The summed E-state index contributed by atoms with van der Waals surface area (Å²) in [6.45, 7) is 1.90. The third kappa shape index (κ3) is 2.53. The first-order valence-corrected chi connectivity index (χ1v) is 8.79. The highest BCUT2D eigenvalue weighted by Gasteiger charge is 2.22. The topological polar surface area (TPSA) is 72.1 Å². The van der Waals surface area contributed by atoms with Crippen LogP contribution in [-0.4, -0.2) is 19.5 Å². The minimum Gasteiger partial charge on any atom is -0.495 e. The molecule has 3 rings (SSSR count). The van der Waals surface area contributed by atoms with Crippen LogP contribution >= 0.6 is 0 Å². The average molecular weight is 340 g/mol. The Morgan fingerprint density at radius 1 is 1.12 bits per heavy atom. The normalized spacial score (nSPS) is 11.4. The number of aryl methyl sites for hydroxylation is 1. The van der Waals surface area contributed by atoms with Crippen molar-refractivity contribution in [2.45, 2.75) is 18.2 Å². The molecular weight excluding hydrogens is 324 g/mol. The van der Waals surface area contributed by atoms with Gasteiger partial charge >= 0.3 is 0 Å². The smallest absolute Gasteiger partial charge is 0.268 e. The summed E-state index contributed by atoms with van der Waals surface area (Å²) in [5.74, 6) is 0.451. The lowest BCUT2D eigenvalue weighted by Crippen LogP contribution is -2.12. The van der Waals surface area contributed by atoms with Gasteiger partial charge < -0.3 is 4.74 Å². The van der Waals surface area contributed by atoms with E-state index in [4.69, 9.17) is 10.00 Å². The van der Waals surface area contributed by atoms with E-state index in [1.54, 1.807) is 42.5 Å². The Hall–Kier alpha value is -2.78. The Morgan fingerprint density at radius 2 is 1.83 bits per heavy atom. The molecule has 0 unspecified atom stereocenters. The Kier molecular flexibility index (Phi) is 4.04. The summed E-state index contributed by atoms with van der Waals surface area (Å²) in [7, 11) is -2.25. The molecule has 0 saturated carbocycles. The SMILES string of the molecule is COc1ccc(CC#N)c2ccn(S(=O)(=O)c3ccc(C)cc3)c12. The first kappa shape index (κ1) is 16.1. The number of aromatic nitrogens is 1. The maximum absolute atomic E-state index is 13.0. The van der Waals surface area contributed by atoms with Gasteiger partial charge in [0.2, 0.25) is 0 Å². The van der Waals surface area contributed by atoms with E-state index in [9.17, 15) is 8.42 Å². The third-order valence-corrected chi connectivity index (χ3v) is 5.62. The first-order valence-electron chi connectivity index (χ1n) is 7.35. The quantitative estimate of drug-likeness (QED) is 0.731. The number of ether oxygens (including phenoxy) is 1. The summed E-state index contributed by atoms with van der Waals surface area (Å²) in [5, 5.41) is 9.67. The third-order valence-electron chi connectivity index (χ3n) is 3.93. The van der Waals surface area contributed by atoms with Gasteiger partial charge in [0, 0.05) is 11.6 Å². The van der Waals surface area contributed by atoms with Gasteiger partial charge in [-0.25, -0.2) is 12.4 Å². The molecule has 0 aliphatic heterocycles. The van der Waals surface area contributed by atoms with Crippen LogP contribution in [0.2, 0.25) is 0 Å². The number of methoxy groups -OCH3 is 1. The number of nitrogens with zero attached hydrogens (tertiary/aromatic N) is 2. The van der Waals surface area contributed by atoms with Crippen LogP contribution in [0.3, 0.4) is 0 Å². The molecule has 0 aliphatic carbocycles. The van der Waals surface area contributed by atoms with Crippen LogP contribution in [0.5, 0.6) is 5.75 Å². The number of rotatable bonds is 4. The van der Waals surface area contributed by atoms with Crippen molar-refractivity contribution in [1.82, 2.24) is 3.97 Å². The van der Waals surface area contributed by atoms with E-state index in [0.29, 0.717) is 16.7 Å². The summed E-state index contributed by atoms with van der Waals surface area (Å²) in [5.41, 5.74) is 2.21. The van der Waals surface area contributed by atoms with Crippen molar-refractivity contribution in [2.24, 2.45) is 0 Å². The molecule has 5 nitrogen and oxygen atoms in total. The Morgan fingerprint density at radius 3 is 2.46 bits per heavy atom. The van der Waals surface area contributed by atoms with Crippen LogP contribution in [0, 0.1) is 18.3 Å². The van der Waals surface area contributed by atoms with Gasteiger partial charge in [-0.15, -0.1) is 0 Å². The van der Waals surface area contributed by atoms with E-state index < -0.39 is 10.0 Å². The van der Waals surface area contributed by atoms with E-state index >= 15 is 0 Å². The number of hydrogen-bond acceptors (Lipinski definition) is 4. The molecule has 0 N–H and O–H groups in total. The molecule has 122 valence electrons. The molecule has 2 aromatic carbocycles. The van der Waals surface area contributed by atoms with Gasteiger partial charge in [0.1, 0.15) is 11.3 Å². The molecule has 0 bridgehead atoms. The highest BCUT2D eigenvalue weighted by atomic mass is 32.2. The predicted octanol–water partition coefficient (Wildman–Crippen LogP) is 3.26. The zero-order valence-electron chi connectivity index (χ0n) is 13.4. The fourth-order valence-electron chi connectivity index (χ4n) is 2.69. The summed E-state index contributed by atoms with van der Waals surface area (Å²) in [4.78, 5) is 0.207. The van der Waals surface area contributed by atoms with Gasteiger partial charge in [0.05, 0.1) is 24.5 Å². The average Bonchev–Trinajstić information content (AvgIpc) is 3.02. The van der Waals surface area contributed by atoms with Gasteiger partial charge in [-0.1, -0.05) is 23.8 Å². The van der Waals surface area contributed by atoms with Crippen molar-refractivity contribution < 1.29 is 13.2 Å². The van der Waals surface area contributed by atoms with Crippen molar-refractivity contribution in [2.75, 3.05) is 7.11 Å². The molecule has 0 fully saturated rings. The monoisotopic (exact) mass is 340 g/mol. The zero-order chi connectivity index (χ0) is 17.3. The van der Waals surface area contributed by atoms with E-state index in [2.05, 4.69) is 6.07 Å². The lowest BCUT2D eigenvalue weighted by Gasteiger charge is -2.11. The van der Waals surface area contributed by atoms with Crippen LogP contribution < -0.4 is 4.74 Å². The minimum absolute atomic E-state index is 0.203. The molecule has 0 spiro atoms. The molecule has 0 amide bonds. The number of hydrogen-bond donors (Lipinski definition) is 0. The number of benzene rings is 2. The van der Waals surface area contributed by atoms with Crippen molar-refractivity contribution in [3.8, 4) is 11.8 Å². The van der Waals surface area contributed by atoms with Gasteiger partial charge in [-0.3, -0.25) is 0 Å². The lowest BCUT2D eigenvalue weighted by atomic mass is 10.1. The predicted molar refractivity (Wildman–Crippen MR) is 91.6 cm³/mol. The van der Waals surface area contributed by atoms with Crippen molar-refractivity contribution in [3.63, 3.8) is 0 Å². The van der Waals surface area contributed by atoms with Crippen LogP contribution in [0.4, 0.5) is 0 Å². The highest BCUT2D eigenvalue weighted by Crippen LogP contribution is 2.32. The molecule has 0 atom stereocenters. The first-order chi connectivity index (χ1) is 11.5. The second kappa shape index (κ2) is 6.02. The van der Waals surface area contributed by atoms with Crippen LogP contribution in [-0.2, 0) is 16.4 Å². The lowest BCUT2D eigenvalue weighted by molar-refractivity contribution is 0.418. The van der Waals surface area contributed by atoms with E-state index in [1.807, 2.05) is 6.92 Å². The van der Waals surface area contributed by atoms with Crippen molar-refractivity contribution >= 4 is 20.9 Å². The van der Waals surface area contributed by atoms with Gasteiger partial charge in [0.25, 0.3) is 10.0 Å². The minimum atomic E-state index is -3.75. The molecular formula is C18H16N2O3S. The van der Waals surface area contributed by atoms with Gasteiger partial charge in [-0.05, 0) is 36.8 Å². The summed E-state index contributed by atoms with van der Waals surface area (Å²) in [6.07, 6.45) is 1.71. The Bertz CT molecular complexity index is 1040. The second-order valence-corrected chi connectivity index (χ2v) is 7.27. The fourth-order valence-corrected chi connectivity index (χ4v) is 4.04. The largest absolute Gasteiger partial charge is 0.495 e. The van der Waals surface area contributed by atoms with Crippen LogP contribution in [0.25, 0.3) is 10.9 Å². The Balaban J connectivity index is 2.28. The second-order valence-electron chi connectivity index (χ2n) is 5.45. The number of nitriles is 1. The molecule has 6 heteroatoms. The van der Waals surface area contributed by atoms with E-state index in [-0.39, 0.29) is 11.3 Å². The van der Waals surface area contributed by atoms with E-state index in [1.165, 1.54) is 17.3 Å². The molecule has 24 heavy (non-hydrogen) atoms. The molecule has 0 aliphatic rings. The van der Waals surface area contributed by atoms with Crippen molar-refractivity contribution in [3.05, 3.63) is 59.8 Å². The summed E-state index contributed by atoms with van der Waals surface area (Å²) < 4.78 is 32.6. The molecule has 1 heterocycles. The van der Waals surface area contributed by atoms with Crippen molar-refractivity contribution in [1.29, 1.82) is 5.26 Å². The van der Waals surface area contributed by atoms with Gasteiger partial charge in [-0.2, -0.15) is 5.26 Å². The molecule has 0 radical (unpaired) electrons. The zero-order valence-corrected chi connectivity index (χ0v) is 14.2. The molecule has 3 aromatic rings. The fraction of sp³-hybridized carbons (Fsp3) is 0.167. The van der Waals surface area contributed by atoms with E-state index in [0.717, 1.165) is 11.1 Å². The standard InChI is InChI=1S/C18H16N2O3S/c1-13-3-6-15(7-4-13)24(21,22)20-12-10-16-14(9-11-19)5-8-17(23-2)18(16)20/h3-8,10,12H,9H2,1-2H3. The van der Waals surface area contributed by atoms with Crippen LogP contribution in [0.1, 0.15) is 11.1 Å². The highest BCUT2D eigenvalue weighted by molar-refractivity contribution is 7.90. The van der Waals surface area contributed by atoms with Crippen LogP contribution in [0.15, 0.2) is 53.6 Å². The number of fused-ring (bicyclic) bond motifs is 1. The molecule has 1 aromatic heterocycles. The van der Waals surface area contributed by atoms with Gasteiger partial charge in [0.15, 0.2) is 0 Å².